The van der Waals surface area contributed by atoms with E-state index in [1.54, 1.807) is 12.1 Å². The van der Waals surface area contributed by atoms with Crippen molar-refractivity contribution in [3.63, 3.8) is 0 Å². The number of morpholine rings is 1. The number of amides is 4. The number of carbonyl (C=O) groups excluding carboxylic acids is 6. The number of halogens is 1. The van der Waals surface area contributed by atoms with E-state index in [4.69, 9.17) is 9.47 Å². The Morgan fingerprint density at radius 1 is 1.14 bits per heavy atom. The number of allylic oxidation sites excluding steroid dienone is 1. The predicted molar refractivity (Wildman–Crippen MR) is 170 cm³/mol. The lowest BCUT2D eigenvalue weighted by atomic mass is 9.91. The van der Waals surface area contributed by atoms with Crippen LogP contribution >= 0.6 is 0 Å². The summed E-state index contributed by atoms with van der Waals surface area (Å²) in [6, 6.07) is 2.75. The molecule has 16 heteroatoms. The van der Waals surface area contributed by atoms with E-state index in [1.807, 2.05) is 0 Å². The molecule has 0 aromatic heterocycles. The van der Waals surface area contributed by atoms with Crippen LogP contribution in [0, 0.1) is 23.1 Å². The van der Waals surface area contributed by atoms with Crippen LogP contribution < -0.4 is 4.72 Å². The third-order valence-corrected chi connectivity index (χ3v) is 12.8. The second-order valence-electron chi connectivity index (χ2n) is 14.5. The normalized spacial score (nSPS) is 30.1. The van der Waals surface area contributed by atoms with Crippen molar-refractivity contribution in [2.45, 2.75) is 94.5 Å². The molecule has 1 aromatic carbocycles. The number of rotatable bonds is 11. The highest BCUT2D eigenvalue weighted by Gasteiger charge is 2.61. The molecule has 2 aliphatic carbocycles. The first-order valence-corrected chi connectivity index (χ1v) is 18.5. The fourth-order valence-electron chi connectivity index (χ4n) is 7.84. The van der Waals surface area contributed by atoms with Crippen LogP contribution in [0.4, 0.5) is 9.18 Å². The predicted octanol–water partition coefficient (Wildman–Crippen LogP) is 1.56. The van der Waals surface area contributed by atoms with Gasteiger partial charge in [0.05, 0.1) is 36.3 Å². The summed E-state index contributed by atoms with van der Waals surface area (Å²) >= 11 is 0. The zero-order valence-electron chi connectivity index (χ0n) is 27.5. The number of hydrogen-bond acceptors (Lipinski definition) is 10. The summed E-state index contributed by atoms with van der Waals surface area (Å²) in [6.45, 7) is 5.47. The lowest BCUT2D eigenvalue weighted by Gasteiger charge is -2.29. The second kappa shape index (κ2) is 12.5. The molecule has 7 rings (SSSR count). The summed E-state index contributed by atoms with van der Waals surface area (Å²) in [5, 5.41) is -0.649. The second-order valence-corrected chi connectivity index (χ2v) is 16.4. The van der Waals surface area contributed by atoms with Crippen LogP contribution in [0.15, 0.2) is 30.9 Å². The summed E-state index contributed by atoms with van der Waals surface area (Å²) < 4.78 is 52.6. The summed E-state index contributed by atoms with van der Waals surface area (Å²) in [7, 11) is -3.89. The molecule has 4 heterocycles. The number of nitrogens with zero attached hydrogens (tertiary/aromatic N) is 3. The van der Waals surface area contributed by atoms with Crippen molar-refractivity contribution >= 4 is 45.6 Å². The Kier molecular flexibility index (Phi) is 8.50. The number of hydrogen-bond donors (Lipinski definition) is 1. The molecule has 0 radical (unpaired) electrons. The molecule has 6 aliphatic rings. The molecule has 2 bridgehead atoms. The third-order valence-electron chi connectivity index (χ3n) is 11.0. The number of ether oxygens (including phenoxy) is 2. The van der Waals surface area contributed by atoms with Gasteiger partial charge in [-0.2, -0.15) is 0 Å². The summed E-state index contributed by atoms with van der Waals surface area (Å²) in [6.07, 6.45) is 0.234. The van der Waals surface area contributed by atoms with Gasteiger partial charge >= 0.3 is 12.1 Å². The highest BCUT2D eigenvalue weighted by molar-refractivity contribution is 7.90. The number of esters is 1. The summed E-state index contributed by atoms with van der Waals surface area (Å²) in [5.74, 6) is -4.56. The van der Waals surface area contributed by atoms with Gasteiger partial charge in [-0.05, 0) is 36.8 Å². The summed E-state index contributed by atoms with van der Waals surface area (Å²) in [4.78, 5) is 83.9. The van der Waals surface area contributed by atoms with Crippen LogP contribution in [0.3, 0.4) is 0 Å². The number of carbonyl (C=O) groups is 6. The molecule has 14 nitrogen and oxygen atoms in total. The van der Waals surface area contributed by atoms with Crippen LogP contribution in [-0.2, 0) is 56.6 Å². The Labute approximate surface area is 288 Å². The standard InChI is InChI=1S/C34H39FN4O10S/c1-3-20-12-34(20,32(44)36-50(46,47)23-7-8-23)13-28(40)26-10-22(49-33(45)37-14-19-5-4-6-25(35)24(19)17-37)16-39(26)30(42)18(2)9-29(41)38-15-21-11-27(38)31(43)48-21/h3-6,18,20-23,26-27H,1,7-17H2,2H3,(H,36,44)/t18-,20+,21-,22?,26-,27+,34+/m0/s1. The quantitative estimate of drug-likeness (QED) is 0.262. The van der Waals surface area contributed by atoms with Crippen LogP contribution in [0.25, 0.3) is 0 Å². The Morgan fingerprint density at radius 3 is 2.54 bits per heavy atom. The highest BCUT2D eigenvalue weighted by atomic mass is 32.2. The van der Waals surface area contributed by atoms with Crippen molar-refractivity contribution in [3.8, 4) is 0 Å². The SMILES string of the molecule is C=C[C@@H]1C[C@]1(CC(=O)[C@@H]1CC(OC(=O)N2Cc3cccc(F)c3C2)CN1C(=O)[C@@H](C)CC(=O)N1C[C@@H]2C[C@@H]1C(=O)O2)C(=O)NS(=O)(=O)C1CC1. The van der Waals surface area contributed by atoms with Gasteiger partial charge < -0.3 is 19.3 Å². The van der Waals surface area contributed by atoms with Crippen molar-refractivity contribution in [1.82, 2.24) is 19.4 Å². The lowest BCUT2D eigenvalue weighted by molar-refractivity contribution is -0.157. The van der Waals surface area contributed by atoms with Crippen molar-refractivity contribution < 1.29 is 51.0 Å². The minimum atomic E-state index is -3.89. The van der Waals surface area contributed by atoms with Gasteiger partial charge in [0.15, 0.2) is 5.78 Å². The molecule has 0 spiro atoms. The Morgan fingerprint density at radius 2 is 1.90 bits per heavy atom. The van der Waals surface area contributed by atoms with Crippen molar-refractivity contribution in [2.24, 2.45) is 17.3 Å². The minimum Gasteiger partial charge on any atom is -0.459 e. The Balaban J connectivity index is 1.07. The number of nitrogens with one attached hydrogen (secondary N) is 1. The number of Topliss-reactive ketones (excluding diaryl/α,β-unsaturated/α-hetero) is 1. The molecule has 2 saturated carbocycles. The van der Waals surface area contributed by atoms with E-state index >= 15 is 0 Å². The first-order valence-electron chi connectivity index (χ1n) is 16.9. The maximum absolute atomic E-state index is 14.3. The average molecular weight is 715 g/mol. The Bertz CT molecular complexity index is 1800. The third kappa shape index (κ3) is 6.15. The van der Waals surface area contributed by atoms with Gasteiger partial charge in [-0.3, -0.25) is 28.8 Å². The first kappa shape index (κ1) is 34.1. The largest absolute Gasteiger partial charge is 0.459 e. The molecule has 1 unspecified atom stereocenters. The minimum absolute atomic E-state index is 0.00601. The molecule has 4 aliphatic heterocycles. The van der Waals surface area contributed by atoms with E-state index < -0.39 is 92.1 Å². The van der Waals surface area contributed by atoms with E-state index in [2.05, 4.69) is 11.3 Å². The van der Waals surface area contributed by atoms with Crippen molar-refractivity contribution in [2.75, 3.05) is 13.1 Å². The molecule has 7 atom stereocenters. The molecule has 5 fully saturated rings. The highest BCUT2D eigenvalue weighted by Crippen LogP contribution is 2.57. The topological polar surface area (TPSA) is 177 Å². The molecule has 3 saturated heterocycles. The van der Waals surface area contributed by atoms with Gasteiger partial charge in [-0.1, -0.05) is 25.1 Å². The van der Waals surface area contributed by atoms with E-state index in [0.29, 0.717) is 30.4 Å². The molecule has 268 valence electrons. The fraction of sp³-hybridized carbons (Fsp3) is 0.588. The fourth-order valence-corrected chi connectivity index (χ4v) is 9.23. The smallest absolute Gasteiger partial charge is 0.410 e. The molecular weight excluding hydrogens is 675 g/mol. The van der Waals surface area contributed by atoms with Gasteiger partial charge in [0, 0.05) is 43.7 Å². The molecule has 1 N–H and O–H groups in total. The molecule has 50 heavy (non-hydrogen) atoms. The van der Waals surface area contributed by atoms with Crippen LogP contribution in [0.1, 0.15) is 63.0 Å². The zero-order chi connectivity index (χ0) is 35.7. The van der Waals surface area contributed by atoms with Gasteiger partial charge in [-0.15, -0.1) is 6.58 Å². The molecule has 4 amide bonds. The van der Waals surface area contributed by atoms with Gasteiger partial charge in [0.1, 0.15) is 24.1 Å². The number of ketones is 1. The number of benzene rings is 1. The maximum Gasteiger partial charge on any atom is 0.410 e. The van der Waals surface area contributed by atoms with E-state index in [-0.39, 0.29) is 58.0 Å². The number of fused-ring (bicyclic) bond motifs is 3. The molecular formula is C34H39FN4O10S. The van der Waals surface area contributed by atoms with Crippen LogP contribution in [0.5, 0.6) is 0 Å². The Hall–Kier alpha value is -4.34. The van der Waals surface area contributed by atoms with E-state index in [9.17, 15) is 41.6 Å². The summed E-state index contributed by atoms with van der Waals surface area (Å²) in [5.41, 5.74) is -0.335. The first-order chi connectivity index (χ1) is 23.7. The van der Waals surface area contributed by atoms with Crippen molar-refractivity contribution in [1.29, 1.82) is 0 Å². The zero-order valence-corrected chi connectivity index (χ0v) is 28.4. The van der Waals surface area contributed by atoms with Gasteiger partial charge in [0.2, 0.25) is 27.7 Å². The van der Waals surface area contributed by atoms with Crippen LogP contribution in [0.2, 0.25) is 0 Å². The van der Waals surface area contributed by atoms with Crippen molar-refractivity contribution in [3.05, 3.63) is 47.8 Å². The average Bonchev–Trinajstić information content (AvgIpc) is 3.82. The lowest BCUT2D eigenvalue weighted by Crippen LogP contribution is -2.48. The maximum atomic E-state index is 14.3. The monoisotopic (exact) mass is 714 g/mol. The number of sulfonamides is 1. The van der Waals surface area contributed by atoms with Gasteiger partial charge in [0.25, 0.3) is 0 Å². The van der Waals surface area contributed by atoms with E-state index in [0.717, 1.165) is 0 Å². The van der Waals surface area contributed by atoms with Gasteiger partial charge in [-0.25, -0.2) is 22.4 Å². The number of likely N-dealkylation sites (tertiary alicyclic amines) is 2. The van der Waals surface area contributed by atoms with Crippen LogP contribution in [-0.4, -0.2) is 101 Å². The van der Waals surface area contributed by atoms with E-state index in [1.165, 1.54) is 33.8 Å². The molecule has 1 aromatic rings.